The number of fused-ring (bicyclic) bond motifs is 9. The van der Waals surface area contributed by atoms with Crippen molar-refractivity contribution in [1.82, 2.24) is 0 Å². The van der Waals surface area contributed by atoms with Crippen molar-refractivity contribution in [2.24, 2.45) is 0 Å². The van der Waals surface area contributed by atoms with E-state index in [1.165, 1.54) is 74.7 Å². The Morgan fingerprint density at radius 2 is 0.838 bits per heavy atom. The standard InChI is InChI=1S/C36H22S/c1-2-9-29-27(8-1)28-10-3-4-12-31(28)36-26(13-7-14-32(29)36)24-18-16-23(17-19-24)25-20-21-35-33(22-25)30-11-5-6-15-34(30)37-35/h1-22H. The highest BCUT2D eigenvalue weighted by molar-refractivity contribution is 7.25. The van der Waals surface area contributed by atoms with Crippen LogP contribution >= 0.6 is 11.3 Å². The molecule has 0 radical (unpaired) electrons. The maximum absolute atomic E-state index is 2.35. The lowest BCUT2D eigenvalue weighted by Gasteiger charge is -2.14. The van der Waals surface area contributed by atoms with Crippen LogP contribution < -0.4 is 0 Å². The molecule has 0 aliphatic rings. The molecular formula is C36H22S. The number of hydrogen-bond acceptors (Lipinski definition) is 1. The molecule has 0 saturated carbocycles. The summed E-state index contributed by atoms with van der Waals surface area (Å²) in [5.41, 5.74) is 5.04. The normalized spacial score (nSPS) is 11.8. The summed E-state index contributed by atoms with van der Waals surface area (Å²) in [6.45, 7) is 0. The van der Waals surface area contributed by atoms with E-state index in [2.05, 4.69) is 133 Å². The molecule has 0 aliphatic heterocycles. The summed E-state index contributed by atoms with van der Waals surface area (Å²) >= 11 is 1.87. The van der Waals surface area contributed by atoms with Gasteiger partial charge >= 0.3 is 0 Å². The molecule has 0 atom stereocenters. The van der Waals surface area contributed by atoms with Crippen LogP contribution in [0.1, 0.15) is 0 Å². The molecule has 0 N–H and O–H groups in total. The molecule has 0 aliphatic carbocycles. The highest BCUT2D eigenvalue weighted by Crippen LogP contribution is 2.41. The summed E-state index contributed by atoms with van der Waals surface area (Å²) in [5, 5.41) is 10.6. The van der Waals surface area contributed by atoms with Crippen molar-refractivity contribution in [3.05, 3.63) is 133 Å². The van der Waals surface area contributed by atoms with Gasteiger partial charge in [-0.15, -0.1) is 11.3 Å². The largest absolute Gasteiger partial charge is 0.135 e. The van der Waals surface area contributed by atoms with Crippen molar-refractivity contribution in [3.8, 4) is 22.3 Å². The Bertz CT molecular complexity index is 2080. The second-order valence-corrected chi connectivity index (χ2v) is 10.8. The van der Waals surface area contributed by atoms with Crippen molar-refractivity contribution >= 4 is 63.8 Å². The predicted molar refractivity (Wildman–Crippen MR) is 163 cm³/mol. The highest BCUT2D eigenvalue weighted by Gasteiger charge is 2.13. The summed E-state index contributed by atoms with van der Waals surface area (Å²) in [5.74, 6) is 0. The van der Waals surface area contributed by atoms with Gasteiger partial charge in [0.15, 0.2) is 0 Å². The molecule has 0 bridgehead atoms. The van der Waals surface area contributed by atoms with Crippen molar-refractivity contribution in [1.29, 1.82) is 0 Å². The van der Waals surface area contributed by atoms with Crippen molar-refractivity contribution in [2.75, 3.05) is 0 Å². The first kappa shape index (κ1) is 20.7. The van der Waals surface area contributed by atoms with Gasteiger partial charge in [0, 0.05) is 20.2 Å². The zero-order valence-electron chi connectivity index (χ0n) is 20.1. The molecule has 37 heavy (non-hydrogen) atoms. The summed E-state index contributed by atoms with van der Waals surface area (Å²) in [7, 11) is 0. The molecule has 8 aromatic rings. The number of thiophene rings is 1. The van der Waals surface area contributed by atoms with E-state index >= 15 is 0 Å². The molecule has 8 rings (SSSR count). The van der Waals surface area contributed by atoms with Crippen LogP contribution in [-0.2, 0) is 0 Å². The van der Waals surface area contributed by atoms with Gasteiger partial charge in [-0.25, -0.2) is 0 Å². The fourth-order valence-corrected chi connectivity index (χ4v) is 7.03. The van der Waals surface area contributed by atoms with E-state index in [9.17, 15) is 0 Å². The highest BCUT2D eigenvalue weighted by atomic mass is 32.1. The van der Waals surface area contributed by atoms with Crippen molar-refractivity contribution < 1.29 is 0 Å². The van der Waals surface area contributed by atoms with Gasteiger partial charge in [0.25, 0.3) is 0 Å². The van der Waals surface area contributed by atoms with E-state index in [1.54, 1.807) is 0 Å². The van der Waals surface area contributed by atoms with Crippen LogP contribution in [0.25, 0.3) is 74.7 Å². The summed E-state index contributed by atoms with van der Waals surface area (Å²) < 4.78 is 2.69. The van der Waals surface area contributed by atoms with Crippen LogP contribution in [0.4, 0.5) is 0 Å². The minimum atomic E-state index is 1.25. The molecule has 1 heteroatoms. The van der Waals surface area contributed by atoms with Crippen LogP contribution in [0.5, 0.6) is 0 Å². The average Bonchev–Trinajstić information content (AvgIpc) is 3.35. The molecular weight excluding hydrogens is 464 g/mol. The zero-order chi connectivity index (χ0) is 24.3. The van der Waals surface area contributed by atoms with Gasteiger partial charge in [0.2, 0.25) is 0 Å². The van der Waals surface area contributed by atoms with Gasteiger partial charge in [-0.1, -0.05) is 115 Å². The molecule has 0 unspecified atom stereocenters. The molecule has 0 saturated heterocycles. The van der Waals surface area contributed by atoms with Gasteiger partial charge in [-0.3, -0.25) is 0 Å². The summed E-state index contributed by atoms with van der Waals surface area (Å²) in [4.78, 5) is 0. The number of benzene rings is 7. The lowest BCUT2D eigenvalue weighted by molar-refractivity contribution is 1.63. The maximum atomic E-state index is 2.35. The lowest BCUT2D eigenvalue weighted by Crippen LogP contribution is -1.87. The molecule has 0 spiro atoms. The topological polar surface area (TPSA) is 0 Å². The summed E-state index contributed by atoms with van der Waals surface area (Å²) in [6.07, 6.45) is 0. The maximum Gasteiger partial charge on any atom is 0.0355 e. The Kier molecular flexibility index (Phi) is 4.49. The van der Waals surface area contributed by atoms with E-state index in [-0.39, 0.29) is 0 Å². The van der Waals surface area contributed by atoms with Gasteiger partial charge in [-0.05, 0) is 72.8 Å². The Morgan fingerprint density at radius 1 is 0.324 bits per heavy atom. The lowest BCUT2D eigenvalue weighted by atomic mass is 9.89. The first-order valence-electron chi connectivity index (χ1n) is 12.7. The first-order valence-corrected chi connectivity index (χ1v) is 13.5. The Hall–Kier alpha value is -4.46. The summed E-state index contributed by atoms with van der Waals surface area (Å²) in [6, 6.07) is 49.0. The average molecular weight is 487 g/mol. The van der Waals surface area contributed by atoms with Crippen molar-refractivity contribution in [2.45, 2.75) is 0 Å². The molecule has 172 valence electrons. The minimum Gasteiger partial charge on any atom is -0.135 e. The predicted octanol–water partition coefficient (Wildman–Crippen LogP) is 10.8. The van der Waals surface area contributed by atoms with E-state index in [1.807, 2.05) is 11.3 Å². The van der Waals surface area contributed by atoms with Gasteiger partial charge < -0.3 is 0 Å². The first-order chi connectivity index (χ1) is 18.3. The van der Waals surface area contributed by atoms with Crippen LogP contribution in [0.15, 0.2) is 133 Å². The monoisotopic (exact) mass is 486 g/mol. The SMILES string of the molecule is c1ccc2c(c1)sc1ccc(-c3ccc(-c4cccc5c6ccccc6c6ccccc6c45)cc3)cc12. The van der Waals surface area contributed by atoms with Crippen LogP contribution in [-0.4, -0.2) is 0 Å². The van der Waals surface area contributed by atoms with Crippen LogP contribution in [0.3, 0.4) is 0 Å². The van der Waals surface area contributed by atoms with E-state index in [4.69, 9.17) is 0 Å². The third-order valence-corrected chi connectivity index (χ3v) is 8.83. The molecule has 7 aromatic carbocycles. The second-order valence-electron chi connectivity index (χ2n) is 9.71. The third-order valence-electron chi connectivity index (χ3n) is 7.67. The zero-order valence-corrected chi connectivity index (χ0v) is 20.9. The molecule has 0 nitrogen and oxygen atoms in total. The molecule has 0 amide bonds. The quantitative estimate of drug-likeness (QED) is 0.213. The third kappa shape index (κ3) is 3.15. The molecule has 1 aromatic heterocycles. The van der Waals surface area contributed by atoms with Gasteiger partial charge in [0.1, 0.15) is 0 Å². The van der Waals surface area contributed by atoms with Gasteiger partial charge in [0.05, 0.1) is 0 Å². The second kappa shape index (κ2) is 8.03. The van der Waals surface area contributed by atoms with Gasteiger partial charge in [-0.2, -0.15) is 0 Å². The van der Waals surface area contributed by atoms with Crippen LogP contribution in [0, 0.1) is 0 Å². The Morgan fingerprint density at radius 3 is 1.57 bits per heavy atom. The molecule has 0 fully saturated rings. The van der Waals surface area contributed by atoms with E-state index in [0.29, 0.717) is 0 Å². The minimum absolute atomic E-state index is 1.25. The number of rotatable bonds is 2. The Labute approximate surface area is 219 Å². The smallest absolute Gasteiger partial charge is 0.0355 e. The number of hydrogen-bond donors (Lipinski definition) is 0. The Balaban J connectivity index is 1.31. The van der Waals surface area contributed by atoms with E-state index < -0.39 is 0 Å². The fraction of sp³-hybridized carbons (Fsp3) is 0. The van der Waals surface area contributed by atoms with Crippen molar-refractivity contribution in [3.63, 3.8) is 0 Å². The van der Waals surface area contributed by atoms with E-state index in [0.717, 1.165) is 0 Å². The fourth-order valence-electron chi connectivity index (χ4n) is 5.94. The molecule has 1 heterocycles. The van der Waals surface area contributed by atoms with Crippen LogP contribution in [0.2, 0.25) is 0 Å².